The van der Waals surface area contributed by atoms with E-state index in [-0.39, 0.29) is 11.9 Å². The van der Waals surface area contributed by atoms with Gasteiger partial charge in [0.1, 0.15) is 10.6 Å². The van der Waals surface area contributed by atoms with E-state index in [1.54, 1.807) is 25.0 Å². The second-order valence-electron chi connectivity index (χ2n) is 4.62. The van der Waals surface area contributed by atoms with E-state index in [9.17, 15) is 9.90 Å². The Balaban J connectivity index is 2.21. The number of thiophene rings is 1. The van der Waals surface area contributed by atoms with Crippen molar-refractivity contribution in [3.05, 3.63) is 16.3 Å². The predicted octanol–water partition coefficient (Wildman–Crippen LogP) is 2.13. The lowest BCUT2D eigenvalue weighted by Gasteiger charge is -2.37. The van der Waals surface area contributed by atoms with Crippen LogP contribution < -0.4 is 4.74 Å². The first kappa shape index (κ1) is 13.4. The van der Waals surface area contributed by atoms with Gasteiger partial charge in [-0.2, -0.15) is 0 Å². The van der Waals surface area contributed by atoms with Gasteiger partial charge >= 0.3 is 0 Å². The molecule has 18 heavy (non-hydrogen) atoms. The van der Waals surface area contributed by atoms with Crippen molar-refractivity contribution in [3.63, 3.8) is 0 Å². The lowest BCUT2D eigenvalue weighted by atomic mass is 9.98. The summed E-state index contributed by atoms with van der Waals surface area (Å²) in [4.78, 5) is 14.9. The number of likely N-dealkylation sites (tertiary alicyclic amines) is 1. The first-order valence-corrected chi connectivity index (χ1v) is 7.13. The van der Waals surface area contributed by atoms with Crippen molar-refractivity contribution in [2.24, 2.45) is 0 Å². The molecule has 4 nitrogen and oxygen atoms in total. The first-order valence-electron chi connectivity index (χ1n) is 6.25. The van der Waals surface area contributed by atoms with Crippen LogP contribution in [-0.2, 0) is 0 Å². The monoisotopic (exact) mass is 269 g/mol. The van der Waals surface area contributed by atoms with Gasteiger partial charge in [0.2, 0.25) is 0 Å². The number of aliphatic hydroxyl groups excluding tert-OH is 1. The number of amides is 1. The standard InChI is InChI=1S/C13H19NO3S/c1-9(15)10-5-3-4-7-14(10)13(16)12-11(17-2)6-8-18-12/h6,8-10,15H,3-5,7H2,1-2H3/t9-,10+/m0/s1. The van der Waals surface area contributed by atoms with Crippen molar-refractivity contribution in [2.75, 3.05) is 13.7 Å². The van der Waals surface area contributed by atoms with Crippen molar-refractivity contribution in [3.8, 4) is 5.75 Å². The zero-order valence-corrected chi connectivity index (χ0v) is 11.6. The molecule has 1 saturated heterocycles. The molecular weight excluding hydrogens is 250 g/mol. The molecule has 0 unspecified atom stereocenters. The number of hydrogen-bond donors (Lipinski definition) is 1. The maximum Gasteiger partial charge on any atom is 0.268 e. The highest BCUT2D eigenvalue weighted by Crippen LogP contribution is 2.29. The Labute approximate surface area is 111 Å². The number of aliphatic hydroxyl groups is 1. The summed E-state index contributed by atoms with van der Waals surface area (Å²) in [6.07, 6.45) is 2.46. The Morgan fingerprint density at radius 1 is 1.61 bits per heavy atom. The highest BCUT2D eigenvalue weighted by Gasteiger charge is 2.32. The summed E-state index contributed by atoms with van der Waals surface area (Å²) in [5, 5.41) is 11.7. The molecule has 1 aromatic rings. The fourth-order valence-electron chi connectivity index (χ4n) is 2.46. The molecule has 1 fully saturated rings. The molecule has 2 heterocycles. The smallest absolute Gasteiger partial charge is 0.268 e. The minimum Gasteiger partial charge on any atom is -0.495 e. The highest BCUT2D eigenvalue weighted by atomic mass is 32.1. The van der Waals surface area contributed by atoms with Crippen LogP contribution in [0.3, 0.4) is 0 Å². The van der Waals surface area contributed by atoms with Gasteiger partial charge < -0.3 is 14.7 Å². The van der Waals surface area contributed by atoms with Crippen molar-refractivity contribution in [1.29, 1.82) is 0 Å². The van der Waals surface area contributed by atoms with E-state index >= 15 is 0 Å². The van der Waals surface area contributed by atoms with Crippen molar-refractivity contribution >= 4 is 17.2 Å². The van der Waals surface area contributed by atoms with Crippen LogP contribution in [-0.4, -0.2) is 41.7 Å². The summed E-state index contributed by atoms with van der Waals surface area (Å²) >= 11 is 1.39. The second-order valence-corrected chi connectivity index (χ2v) is 5.54. The first-order chi connectivity index (χ1) is 8.65. The summed E-state index contributed by atoms with van der Waals surface area (Å²) in [7, 11) is 1.57. The lowest BCUT2D eigenvalue weighted by Crippen LogP contribution is -2.48. The Kier molecular flexibility index (Phi) is 4.24. The summed E-state index contributed by atoms with van der Waals surface area (Å²) in [5.41, 5.74) is 0. The van der Waals surface area contributed by atoms with Crippen LogP contribution in [0.5, 0.6) is 5.75 Å². The van der Waals surface area contributed by atoms with Crippen LogP contribution >= 0.6 is 11.3 Å². The van der Waals surface area contributed by atoms with Gasteiger partial charge in [0.15, 0.2) is 0 Å². The van der Waals surface area contributed by atoms with E-state index in [1.807, 2.05) is 5.38 Å². The molecule has 100 valence electrons. The number of nitrogens with zero attached hydrogens (tertiary/aromatic N) is 1. The van der Waals surface area contributed by atoms with Crippen LogP contribution in [0.2, 0.25) is 0 Å². The highest BCUT2D eigenvalue weighted by molar-refractivity contribution is 7.12. The molecule has 1 N–H and O–H groups in total. The number of carbonyl (C=O) groups is 1. The molecule has 0 aromatic carbocycles. The third-order valence-electron chi connectivity index (χ3n) is 3.41. The van der Waals surface area contributed by atoms with Crippen LogP contribution in [0.4, 0.5) is 0 Å². The predicted molar refractivity (Wildman–Crippen MR) is 71.2 cm³/mol. The maximum absolute atomic E-state index is 12.5. The topological polar surface area (TPSA) is 49.8 Å². The third kappa shape index (κ3) is 2.52. The molecule has 1 aliphatic rings. The average molecular weight is 269 g/mol. The number of hydrogen-bond acceptors (Lipinski definition) is 4. The van der Waals surface area contributed by atoms with Gasteiger partial charge in [-0.25, -0.2) is 0 Å². The summed E-state index contributed by atoms with van der Waals surface area (Å²) < 4.78 is 5.19. The van der Waals surface area contributed by atoms with E-state index in [2.05, 4.69) is 0 Å². The Morgan fingerprint density at radius 3 is 3.06 bits per heavy atom. The number of rotatable bonds is 3. The van der Waals surface area contributed by atoms with Crippen molar-refractivity contribution in [2.45, 2.75) is 38.3 Å². The number of carbonyl (C=O) groups excluding carboxylic acids is 1. The van der Waals surface area contributed by atoms with Gasteiger partial charge in [0, 0.05) is 6.54 Å². The molecule has 0 saturated carbocycles. The maximum atomic E-state index is 12.5. The van der Waals surface area contributed by atoms with E-state index in [4.69, 9.17) is 4.74 Å². The van der Waals surface area contributed by atoms with E-state index in [0.29, 0.717) is 10.6 Å². The lowest BCUT2D eigenvalue weighted by molar-refractivity contribution is 0.0282. The molecule has 1 amide bonds. The van der Waals surface area contributed by atoms with Gasteiger partial charge in [-0.05, 0) is 37.6 Å². The molecular formula is C13H19NO3S. The summed E-state index contributed by atoms with van der Waals surface area (Å²) in [6.45, 7) is 2.47. The molecule has 0 radical (unpaired) electrons. The quantitative estimate of drug-likeness (QED) is 0.914. The Bertz CT molecular complexity index is 416. The number of ether oxygens (including phenoxy) is 1. The van der Waals surface area contributed by atoms with Crippen LogP contribution in [0.15, 0.2) is 11.4 Å². The van der Waals surface area contributed by atoms with E-state index in [1.165, 1.54) is 11.3 Å². The third-order valence-corrected chi connectivity index (χ3v) is 4.29. The molecule has 1 aromatic heterocycles. The SMILES string of the molecule is COc1ccsc1C(=O)N1CCCC[C@@H]1[C@H](C)O. The zero-order valence-electron chi connectivity index (χ0n) is 10.8. The Morgan fingerprint density at radius 2 is 2.39 bits per heavy atom. The largest absolute Gasteiger partial charge is 0.495 e. The van der Waals surface area contributed by atoms with Gasteiger partial charge in [-0.3, -0.25) is 4.79 Å². The summed E-state index contributed by atoms with van der Waals surface area (Å²) in [5.74, 6) is 0.604. The molecule has 5 heteroatoms. The zero-order chi connectivity index (χ0) is 13.1. The van der Waals surface area contributed by atoms with Gasteiger partial charge in [-0.15, -0.1) is 11.3 Å². The Hall–Kier alpha value is -1.07. The molecule has 0 bridgehead atoms. The van der Waals surface area contributed by atoms with E-state index < -0.39 is 6.10 Å². The van der Waals surface area contributed by atoms with Crippen molar-refractivity contribution < 1.29 is 14.6 Å². The molecule has 2 rings (SSSR count). The number of piperidine rings is 1. The fraction of sp³-hybridized carbons (Fsp3) is 0.615. The normalized spacial score (nSPS) is 21.7. The average Bonchev–Trinajstić information content (AvgIpc) is 2.86. The minimum absolute atomic E-state index is 0.0209. The molecule has 1 aliphatic heterocycles. The fourth-order valence-corrected chi connectivity index (χ4v) is 3.27. The van der Waals surface area contributed by atoms with E-state index in [0.717, 1.165) is 25.8 Å². The molecule has 2 atom stereocenters. The van der Waals surface area contributed by atoms with Crippen LogP contribution in [0.25, 0.3) is 0 Å². The van der Waals surface area contributed by atoms with Crippen LogP contribution in [0, 0.1) is 0 Å². The summed E-state index contributed by atoms with van der Waals surface area (Å²) in [6, 6.07) is 1.73. The minimum atomic E-state index is -0.486. The van der Waals surface area contributed by atoms with Crippen LogP contribution in [0.1, 0.15) is 35.9 Å². The van der Waals surface area contributed by atoms with Crippen molar-refractivity contribution in [1.82, 2.24) is 4.90 Å². The van der Waals surface area contributed by atoms with Gasteiger partial charge in [0.25, 0.3) is 5.91 Å². The van der Waals surface area contributed by atoms with Gasteiger partial charge in [-0.1, -0.05) is 0 Å². The molecule has 0 aliphatic carbocycles. The van der Waals surface area contributed by atoms with Gasteiger partial charge in [0.05, 0.1) is 19.3 Å². The second kappa shape index (κ2) is 5.71. The molecule has 0 spiro atoms. The number of methoxy groups -OCH3 is 1.